The molecule has 1 aromatic rings. The van der Waals surface area contributed by atoms with Gasteiger partial charge in [-0.3, -0.25) is 0 Å². The fourth-order valence-corrected chi connectivity index (χ4v) is 2.70. The molecule has 0 aromatic heterocycles. The molecule has 5 nitrogen and oxygen atoms in total. The second kappa shape index (κ2) is 9.84. The van der Waals surface area contributed by atoms with Crippen molar-refractivity contribution in [2.75, 3.05) is 0 Å². The van der Waals surface area contributed by atoms with E-state index in [0.29, 0.717) is 0 Å². The normalized spacial score (nSPS) is 15.5. The summed E-state index contributed by atoms with van der Waals surface area (Å²) in [6, 6.07) is -0.576. The summed E-state index contributed by atoms with van der Waals surface area (Å²) in [6.07, 6.45) is -15.2. The van der Waals surface area contributed by atoms with Gasteiger partial charge in [-0.1, -0.05) is 0 Å². The Morgan fingerprint density at radius 1 is 0.500 bits per heavy atom. The molecule has 40 heavy (non-hydrogen) atoms. The predicted octanol–water partition coefficient (Wildman–Crippen LogP) is 6.95. The first-order chi connectivity index (χ1) is 16.7. The summed E-state index contributed by atoms with van der Waals surface area (Å²) in [7, 11) is -5.40. The molecule has 0 aliphatic heterocycles. The van der Waals surface area contributed by atoms with Crippen molar-refractivity contribution >= 4 is 10.1 Å². The molecule has 0 radical (unpaired) electrons. The minimum atomic E-state index is -9.06. The Hall–Kier alpha value is -2.44. The Kier molecular flexibility index (Phi) is 9.24. The Labute approximate surface area is 207 Å². The van der Waals surface area contributed by atoms with Crippen LogP contribution in [0.1, 0.15) is 0 Å². The van der Waals surface area contributed by atoms with E-state index in [-0.39, 0.29) is 30.4 Å². The van der Waals surface area contributed by atoms with Gasteiger partial charge in [0.1, 0.15) is 15.9 Å². The first-order valence-corrected chi connectivity index (χ1v) is 9.93. The molecule has 25 heteroatoms. The van der Waals surface area contributed by atoms with Crippen LogP contribution < -0.4 is 10.9 Å². The maximum Gasteiger partial charge on any atom is 0.471 e. The minimum absolute atomic E-state index is 0. The third-order valence-electron chi connectivity index (χ3n) is 4.45. The average Bonchev–Trinajstić information content (AvgIpc) is 2.71. The molecule has 0 bridgehead atoms. The zero-order chi connectivity index (χ0) is 31.7. The molecule has 0 unspecified atom stereocenters. The molecule has 0 atom stereocenters. The molecule has 0 saturated heterocycles. The van der Waals surface area contributed by atoms with E-state index in [1.54, 1.807) is 0 Å². The number of rotatable bonds is 10. The van der Waals surface area contributed by atoms with Crippen molar-refractivity contribution in [2.45, 2.75) is 58.6 Å². The topological polar surface area (TPSA) is 103 Å². The van der Waals surface area contributed by atoms with Crippen molar-refractivity contribution < 1.29 is 101 Å². The van der Waals surface area contributed by atoms with Crippen LogP contribution in [0.15, 0.2) is 29.2 Å². The van der Waals surface area contributed by atoms with Gasteiger partial charge in [0.05, 0.1) is 4.90 Å². The molecule has 4 N–H and O–H groups in total. The molecule has 0 spiro atoms. The van der Waals surface area contributed by atoms with Gasteiger partial charge >= 0.3 is 53.7 Å². The lowest BCUT2D eigenvalue weighted by Crippen LogP contribution is -2.76. The lowest BCUT2D eigenvalue weighted by Gasteiger charge is -2.43. The average molecular weight is 659 g/mol. The van der Waals surface area contributed by atoms with Crippen molar-refractivity contribution in [2.24, 2.45) is 0 Å². The van der Waals surface area contributed by atoms with Gasteiger partial charge in [0.25, 0.3) is 0 Å². The van der Waals surface area contributed by atoms with E-state index in [2.05, 4.69) is 4.74 Å². The Bertz CT molecular complexity index is 1160. The van der Waals surface area contributed by atoms with Gasteiger partial charge in [-0.05, 0) is 24.3 Å². The number of halogens is 19. The SMILES string of the molecule is O=S(=O)([O-])c1ccc(OC(F)(F)C(F)(F)C(F)(F)C(F)(F)C(F)(F)C(F)(F)C(F)(F)C(F)(F)C(F)(F)F)cc1.[NH4+]. The number of hydrogen-bond acceptors (Lipinski definition) is 4. The number of hydrogen-bond donors (Lipinski definition) is 1. The molecule has 0 aliphatic rings. The zero-order valence-corrected chi connectivity index (χ0v) is 18.8. The van der Waals surface area contributed by atoms with Crippen LogP contribution in [0.5, 0.6) is 5.75 Å². The highest BCUT2D eigenvalue weighted by Gasteiger charge is 2.97. The summed E-state index contributed by atoms with van der Waals surface area (Å²) < 4.78 is 286. The molecule has 0 amide bonds. The van der Waals surface area contributed by atoms with Gasteiger partial charge in [0.15, 0.2) is 0 Å². The quantitative estimate of drug-likeness (QED) is 0.217. The van der Waals surface area contributed by atoms with Crippen molar-refractivity contribution in [3.05, 3.63) is 24.3 Å². The summed E-state index contributed by atoms with van der Waals surface area (Å²) >= 11 is 0. The molecule has 1 aromatic carbocycles. The highest BCUT2D eigenvalue weighted by Crippen LogP contribution is 2.65. The number of ether oxygens (including phenoxy) is 1. The van der Waals surface area contributed by atoms with Crippen LogP contribution in [0.3, 0.4) is 0 Å². The molecule has 0 saturated carbocycles. The molecule has 0 fully saturated rings. The number of benzene rings is 1. The predicted molar refractivity (Wildman–Crippen MR) is 86.6 cm³/mol. The van der Waals surface area contributed by atoms with Gasteiger partial charge in [0, 0.05) is 0 Å². The third kappa shape index (κ3) is 5.18. The standard InChI is InChI=1S/C15H5F19O4S.H3N/c16-7(17,8(18,19)10(22,23)12(26,27)14(30,31)32)9(20,21)11(24,25)13(28,29)15(33,34)38-5-1-3-6(4-2-5)39(35,36)37;/h1-4H,(H,35,36,37);1H3. The van der Waals surface area contributed by atoms with Crippen molar-refractivity contribution in [1.82, 2.24) is 6.15 Å². The Morgan fingerprint density at radius 3 is 1.05 bits per heavy atom. The monoisotopic (exact) mass is 659 g/mol. The maximum atomic E-state index is 13.7. The highest BCUT2D eigenvalue weighted by atomic mass is 32.2. The molecule has 0 aliphatic carbocycles. The van der Waals surface area contributed by atoms with E-state index in [9.17, 15) is 96.4 Å². The second-order valence-electron chi connectivity index (χ2n) is 7.06. The van der Waals surface area contributed by atoms with Gasteiger partial charge in [0.2, 0.25) is 0 Å². The first-order valence-electron chi connectivity index (χ1n) is 8.52. The van der Waals surface area contributed by atoms with E-state index < -0.39 is 74.5 Å². The van der Waals surface area contributed by atoms with Crippen LogP contribution in [0.4, 0.5) is 83.4 Å². The van der Waals surface area contributed by atoms with Crippen LogP contribution >= 0.6 is 0 Å². The van der Waals surface area contributed by atoms with E-state index in [1.165, 1.54) is 0 Å². The van der Waals surface area contributed by atoms with Crippen LogP contribution in [0, 0.1) is 0 Å². The lowest BCUT2D eigenvalue weighted by molar-refractivity contribution is -0.476. The van der Waals surface area contributed by atoms with E-state index >= 15 is 0 Å². The van der Waals surface area contributed by atoms with E-state index in [4.69, 9.17) is 0 Å². The number of alkyl halides is 19. The lowest BCUT2D eigenvalue weighted by atomic mass is 9.88. The molecular formula is C15H8F19NO4S. The molecule has 0 heterocycles. The summed E-state index contributed by atoms with van der Waals surface area (Å²) in [5.41, 5.74) is 0. The third-order valence-corrected chi connectivity index (χ3v) is 5.30. The van der Waals surface area contributed by atoms with Crippen molar-refractivity contribution in [1.29, 1.82) is 0 Å². The Morgan fingerprint density at radius 2 is 0.775 bits per heavy atom. The van der Waals surface area contributed by atoms with Crippen LogP contribution in [-0.4, -0.2) is 66.7 Å². The maximum absolute atomic E-state index is 13.7. The van der Waals surface area contributed by atoms with Crippen LogP contribution in [0.2, 0.25) is 0 Å². The smallest absolute Gasteiger partial charge is 0.471 e. The summed E-state index contributed by atoms with van der Waals surface area (Å²) in [5.74, 6) is -63.1. The summed E-state index contributed by atoms with van der Waals surface area (Å²) in [6.45, 7) is 0. The largest absolute Gasteiger partial charge is 0.744 e. The molecule has 1 rings (SSSR count). The zero-order valence-electron chi connectivity index (χ0n) is 18.0. The van der Waals surface area contributed by atoms with Gasteiger partial charge in [-0.15, -0.1) is 0 Å². The molecular weight excluding hydrogens is 651 g/mol. The summed E-state index contributed by atoms with van der Waals surface area (Å²) in [4.78, 5) is -1.35. The fourth-order valence-electron chi connectivity index (χ4n) is 2.23. The van der Waals surface area contributed by atoms with Gasteiger partial charge in [-0.25, -0.2) is 8.42 Å². The fraction of sp³-hybridized carbons (Fsp3) is 0.600. The van der Waals surface area contributed by atoms with Crippen molar-refractivity contribution in [3.8, 4) is 5.75 Å². The first kappa shape index (κ1) is 37.6. The van der Waals surface area contributed by atoms with E-state index in [0.717, 1.165) is 0 Å². The van der Waals surface area contributed by atoms with Crippen molar-refractivity contribution in [3.63, 3.8) is 0 Å². The van der Waals surface area contributed by atoms with Crippen LogP contribution in [0.25, 0.3) is 0 Å². The van der Waals surface area contributed by atoms with Gasteiger partial charge < -0.3 is 15.4 Å². The second-order valence-corrected chi connectivity index (χ2v) is 8.44. The highest BCUT2D eigenvalue weighted by molar-refractivity contribution is 7.85. The van der Waals surface area contributed by atoms with Crippen LogP contribution in [-0.2, 0) is 10.1 Å². The minimum Gasteiger partial charge on any atom is -0.744 e. The van der Waals surface area contributed by atoms with Gasteiger partial charge in [-0.2, -0.15) is 83.4 Å². The Balaban J connectivity index is 0.0000152. The van der Waals surface area contributed by atoms with E-state index in [1.807, 2.05) is 0 Å². The summed E-state index contributed by atoms with van der Waals surface area (Å²) in [5, 5.41) is 0. The molecule has 236 valence electrons. The number of quaternary nitrogens is 1.